The Balaban J connectivity index is 1.66. The van der Waals surface area contributed by atoms with Gasteiger partial charge in [0, 0.05) is 22.0 Å². The van der Waals surface area contributed by atoms with Crippen molar-refractivity contribution in [3.05, 3.63) is 45.9 Å². The van der Waals surface area contributed by atoms with E-state index in [4.69, 9.17) is 11.6 Å². The third-order valence-electron chi connectivity index (χ3n) is 3.28. The molecular weight excluding hydrogens is 280 g/mol. The fraction of sp³-hybridized carbons (Fsp3) is 0.286. The lowest BCUT2D eigenvalue weighted by Gasteiger charge is -2.03. The number of nitrogens with one attached hydrogen (secondary N) is 1. The van der Waals surface area contributed by atoms with Gasteiger partial charge in [-0.05, 0) is 30.9 Å². The van der Waals surface area contributed by atoms with E-state index in [1.165, 1.54) is 11.3 Å². The minimum Gasteiger partial charge on any atom is -0.302 e. The van der Waals surface area contributed by atoms with Crippen LogP contribution in [0.3, 0.4) is 0 Å². The lowest BCUT2D eigenvalue weighted by molar-refractivity contribution is -0.117. The highest BCUT2D eigenvalue weighted by atomic mass is 35.5. The van der Waals surface area contributed by atoms with Crippen molar-refractivity contribution < 1.29 is 4.79 Å². The van der Waals surface area contributed by atoms with Gasteiger partial charge >= 0.3 is 0 Å². The van der Waals surface area contributed by atoms with E-state index in [0.717, 1.165) is 21.9 Å². The fourth-order valence-electron chi connectivity index (χ4n) is 2.21. The van der Waals surface area contributed by atoms with E-state index >= 15 is 0 Å². The van der Waals surface area contributed by atoms with E-state index in [9.17, 15) is 4.79 Å². The van der Waals surface area contributed by atoms with Crippen molar-refractivity contribution in [3.63, 3.8) is 0 Å². The molecule has 19 heavy (non-hydrogen) atoms. The number of rotatable bonds is 3. The zero-order chi connectivity index (χ0) is 13.4. The van der Waals surface area contributed by atoms with E-state index < -0.39 is 0 Å². The van der Waals surface area contributed by atoms with E-state index in [1.54, 1.807) is 6.20 Å². The average molecular weight is 293 g/mol. The molecule has 0 spiro atoms. The molecule has 0 radical (unpaired) electrons. The Morgan fingerprint density at radius 1 is 1.47 bits per heavy atom. The first-order chi connectivity index (χ1) is 9.15. The van der Waals surface area contributed by atoms with Crippen molar-refractivity contribution in [3.8, 4) is 0 Å². The third-order valence-corrected chi connectivity index (χ3v) is 4.46. The van der Waals surface area contributed by atoms with Gasteiger partial charge in [0.1, 0.15) is 0 Å². The van der Waals surface area contributed by atoms with Crippen molar-refractivity contribution in [2.75, 3.05) is 5.32 Å². The van der Waals surface area contributed by atoms with E-state index in [1.807, 2.05) is 31.2 Å². The highest BCUT2D eigenvalue weighted by molar-refractivity contribution is 7.15. The monoisotopic (exact) mass is 292 g/mol. The second-order valence-electron chi connectivity index (χ2n) is 4.74. The maximum atomic E-state index is 12.1. The average Bonchev–Trinajstić information content (AvgIpc) is 3.08. The molecule has 2 atom stereocenters. The molecule has 1 N–H and O–H groups in total. The van der Waals surface area contributed by atoms with Gasteiger partial charge < -0.3 is 5.32 Å². The number of anilines is 1. The number of aryl methyl sites for hydroxylation is 1. The van der Waals surface area contributed by atoms with Gasteiger partial charge in [-0.15, -0.1) is 11.3 Å². The Labute approximate surface area is 120 Å². The molecule has 3 nitrogen and oxygen atoms in total. The number of carbonyl (C=O) groups is 1. The number of amides is 1. The number of aromatic nitrogens is 1. The van der Waals surface area contributed by atoms with Crippen LogP contribution in [0.4, 0.5) is 5.13 Å². The van der Waals surface area contributed by atoms with Gasteiger partial charge in [-0.1, -0.05) is 29.8 Å². The van der Waals surface area contributed by atoms with Crippen molar-refractivity contribution in [2.24, 2.45) is 5.92 Å². The number of hydrogen-bond acceptors (Lipinski definition) is 3. The fourth-order valence-corrected chi connectivity index (χ4v) is 3.16. The molecule has 1 aliphatic rings. The van der Waals surface area contributed by atoms with Crippen LogP contribution in [0.1, 0.15) is 22.8 Å². The van der Waals surface area contributed by atoms with Gasteiger partial charge in [0.05, 0.1) is 0 Å². The van der Waals surface area contributed by atoms with Crippen LogP contribution in [-0.2, 0) is 4.79 Å². The summed E-state index contributed by atoms with van der Waals surface area (Å²) in [5.74, 6) is 0.304. The topological polar surface area (TPSA) is 42.0 Å². The summed E-state index contributed by atoms with van der Waals surface area (Å²) in [5, 5.41) is 4.29. The predicted octanol–water partition coefficient (Wildman–Crippen LogP) is 3.85. The molecule has 98 valence electrons. The standard InChI is InChI=1S/C14H13ClN2OS/c1-8-7-16-14(19-8)17-13(18)11-6-10(11)9-4-2-3-5-12(9)15/h2-5,7,10-11H,6H2,1H3,(H,16,17,18). The first-order valence-corrected chi connectivity index (χ1v) is 7.32. The Morgan fingerprint density at radius 3 is 2.95 bits per heavy atom. The summed E-state index contributed by atoms with van der Waals surface area (Å²) in [4.78, 5) is 17.3. The smallest absolute Gasteiger partial charge is 0.229 e. The molecule has 5 heteroatoms. The van der Waals surface area contributed by atoms with Gasteiger partial charge in [0.15, 0.2) is 5.13 Å². The number of hydrogen-bond donors (Lipinski definition) is 1. The summed E-state index contributed by atoms with van der Waals surface area (Å²) < 4.78 is 0. The first kappa shape index (κ1) is 12.6. The molecule has 0 bridgehead atoms. The second-order valence-corrected chi connectivity index (χ2v) is 6.38. The van der Waals surface area contributed by atoms with Crippen LogP contribution >= 0.6 is 22.9 Å². The van der Waals surface area contributed by atoms with E-state index in [2.05, 4.69) is 10.3 Å². The third kappa shape index (κ3) is 2.65. The van der Waals surface area contributed by atoms with Gasteiger partial charge in [0.2, 0.25) is 5.91 Å². The van der Waals surface area contributed by atoms with Crippen LogP contribution in [-0.4, -0.2) is 10.9 Å². The lowest BCUT2D eigenvalue weighted by Crippen LogP contribution is -2.14. The minimum atomic E-state index is 0.0177. The highest BCUT2D eigenvalue weighted by Crippen LogP contribution is 2.50. The number of thiazole rings is 1. The summed E-state index contributed by atoms with van der Waals surface area (Å²) in [6.45, 7) is 1.97. The number of halogens is 1. The molecule has 1 saturated carbocycles. The summed E-state index contributed by atoms with van der Waals surface area (Å²) >= 11 is 7.64. The van der Waals surface area contributed by atoms with Gasteiger partial charge in [0.25, 0.3) is 0 Å². The highest BCUT2D eigenvalue weighted by Gasteiger charge is 2.44. The van der Waals surface area contributed by atoms with Crippen molar-refractivity contribution in [1.82, 2.24) is 4.98 Å². The minimum absolute atomic E-state index is 0.0177. The largest absolute Gasteiger partial charge is 0.302 e. The maximum absolute atomic E-state index is 12.1. The summed E-state index contributed by atoms with van der Waals surface area (Å²) in [5.41, 5.74) is 1.07. The zero-order valence-corrected chi connectivity index (χ0v) is 12.0. The van der Waals surface area contributed by atoms with Crippen molar-refractivity contribution in [1.29, 1.82) is 0 Å². The molecule has 1 aromatic heterocycles. The Morgan fingerprint density at radius 2 is 2.26 bits per heavy atom. The molecule has 0 saturated heterocycles. The van der Waals surface area contributed by atoms with Gasteiger partial charge in [-0.3, -0.25) is 4.79 Å². The second kappa shape index (κ2) is 4.94. The summed E-state index contributed by atoms with van der Waals surface area (Å²) in [6.07, 6.45) is 2.62. The van der Waals surface area contributed by atoms with Crippen LogP contribution in [0.5, 0.6) is 0 Å². The summed E-state index contributed by atoms with van der Waals surface area (Å²) in [6, 6.07) is 7.72. The Kier molecular flexibility index (Phi) is 3.29. The number of carbonyl (C=O) groups excluding carboxylic acids is 1. The molecule has 1 amide bonds. The SMILES string of the molecule is Cc1cnc(NC(=O)C2CC2c2ccccc2Cl)s1. The molecule has 2 aromatic rings. The van der Waals surface area contributed by atoms with E-state index in [-0.39, 0.29) is 17.7 Å². The van der Waals surface area contributed by atoms with E-state index in [0.29, 0.717) is 5.13 Å². The van der Waals surface area contributed by atoms with Gasteiger partial charge in [-0.25, -0.2) is 4.98 Å². The first-order valence-electron chi connectivity index (χ1n) is 6.13. The Bertz CT molecular complexity index is 625. The molecular formula is C14H13ClN2OS. The van der Waals surface area contributed by atoms with Crippen LogP contribution in [0, 0.1) is 12.8 Å². The predicted molar refractivity (Wildman–Crippen MR) is 77.8 cm³/mol. The molecule has 2 unspecified atom stereocenters. The van der Waals surface area contributed by atoms with Crippen LogP contribution in [0.25, 0.3) is 0 Å². The van der Waals surface area contributed by atoms with Gasteiger partial charge in [-0.2, -0.15) is 0 Å². The van der Waals surface area contributed by atoms with Crippen molar-refractivity contribution >= 4 is 34.0 Å². The molecule has 1 fully saturated rings. The molecule has 1 heterocycles. The van der Waals surface area contributed by atoms with Crippen LogP contribution in [0.15, 0.2) is 30.5 Å². The molecule has 1 aliphatic carbocycles. The molecule has 3 rings (SSSR count). The number of nitrogens with zero attached hydrogens (tertiary/aromatic N) is 1. The lowest BCUT2D eigenvalue weighted by atomic mass is 10.1. The zero-order valence-electron chi connectivity index (χ0n) is 10.4. The number of benzene rings is 1. The van der Waals surface area contributed by atoms with Crippen LogP contribution < -0.4 is 5.32 Å². The van der Waals surface area contributed by atoms with Crippen LogP contribution in [0.2, 0.25) is 5.02 Å². The Hall–Kier alpha value is -1.39. The van der Waals surface area contributed by atoms with Crippen molar-refractivity contribution in [2.45, 2.75) is 19.3 Å². The molecule has 0 aliphatic heterocycles. The maximum Gasteiger partial charge on any atom is 0.229 e. The normalized spacial score (nSPS) is 21.2. The molecule has 1 aromatic carbocycles. The quantitative estimate of drug-likeness (QED) is 0.934. The summed E-state index contributed by atoms with van der Waals surface area (Å²) in [7, 11) is 0.